The van der Waals surface area contributed by atoms with Gasteiger partial charge in [-0.25, -0.2) is 0 Å². The molecule has 114 valence electrons. The lowest BCUT2D eigenvalue weighted by atomic mass is 9.81. The zero-order chi connectivity index (χ0) is 14.1. The Morgan fingerprint density at radius 1 is 1.37 bits per heavy atom. The van der Waals surface area contributed by atoms with Gasteiger partial charge in [0.25, 0.3) is 0 Å². The van der Waals surface area contributed by atoms with Crippen LogP contribution in [0.1, 0.15) is 39.5 Å². The lowest BCUT2D eigenvalue weighted by molar-refractivity contribution is -0.0352. The molecule has 1 atom stereocenters. The molecule has 0 aromatic heterocycles. The molecule has 19 heavy (non-hydrogen) atoms. The van der Waals surface area contributed by atoms with Gasteiger partial charge in [0, 0.05) is 37.7 Å². The Bertz CT molecular complexity index is 221. The van der Waals surface area contributed by atoms with E-state index >= 15 is 0 Å². The van der Waals surface area contributed by atoms with Crippen molar-refractivity contribution in [3.05, 3.63) is 0 Å². The molecule has 0 amide bonds. The third kappa shape index (κ3) is 5.03. The van der Waals surface area contributed by atoms with Crippen LogP contribution in [0.15, 0.2) is 0 Å². The SMILES string of the molecule is CCC(CC)N(CCO)CC1(CNC)CCCOC1. The number of hydrogen-bond donors (Lipinski definition) is 2. The van der Waals surface area contributed by atoms with Crippen molar-refractivity contribution in [3.63, 3.8) is 0 Å². The fourth-order valence-electron chi connectivity index (χ4n) is 3.36. The van der Waals surface area contributed by atoms with Crippen LogP contribution in [-0.4, -0.2) is 62.6 Å². The second-order valence-electron chi connectivity index (χ2n) is 5.85. The van der Waals surface area contributed by atoms with Crippen LogP contribution in [0.2, 0.25) is 0 Å². The van der Waals surface area contributed by atoms with Crippen LogP contribution in [-0.2, 0) is 4.74 Å². The molecule has 0 bridgehead atoms. The molecule has 0 aromatic carbocycles. The molecule has 1 rings (SSSR count). The minimum Gasteiger partial charge on any atom is -0.395 e. The van der Waals surface area contributed by atoms with Gasteiger partial charge in [-0.05, 0) is 32.7 Å². The second kappa shape index (κ2) is 8.90. The number of rotatable bonds is 9. The summed E-state index contributed by atoms with van der Waals surface area (Å²) in [5.41, 5.74) is 0.213. The van der Waals surface area contributed by atoms with E-state index in [0.717, 1.165) is 52.1 Å². The quantitative estimate of drug-likeness (QED) is 0.667. The van der Waals surface area contributed by atoms with Crippen LogP contribution in [0.4, 0.5) is 0 Å². The van der Waals surface area contributed by atoms with E-state index in [2.05, 4.69) is 24.1 Å². The van der Waals surface area contributed by atoms with Crippen molar-refractivity contribution in [2.45, 2.75) is 45.6 Å². The summed E-state index contributed by atoms with van der Waals surface area (Å²) in [4.78, 5) is 2.46. The van der Waals surface area contributed by atoms with E-state index in [1.807, 2.05) is 7.05 Å². The predicted molar refractivity (Wildman–Crippen MR) is 79.4 cm³/mol. The van der Waals surface area contributed by atoms with Gasteiger partial charge >= 0.3 is 0 Å². The molecule has 4 nitrogen and oxygen atoms in total. The normalized spacial score (nSPS) is 24.3. The maximum Gasteiger partial charge on any atom is 0.0558 e. The van der Waals surface area contributed by atoms with Gasteiger partial charge in [-0.1, -0.05) is 13.8 Å². The first-order chi connectivity index (χ1) is 9.21. The third-order valence-electron chi connectivity index (χ3n) is 4.34. The first kappa shape index (κ1) is 16.9. The molecule has 1 fully saturated rings. The van der Waals surface area contributed by atoms with E-state index in [9.17, 15) is 5.11 Å². The lowest BCUT2D eigenvalue weighted by Crippen LogP contribution is -2.51. The molecule has 1 heterocycles. The van der Waals surface area contributed by atoms with Crippen LogP contribution in [0, 0.1) is 5.41 Å². The first-order valence-electron chi connectivity index (χ1n) is 7.78. The van der Waals surface area contributed by atoms with Gasteiger partial charge in [-0.3, -0.25) is 4.90 Å². The molecular formula is C15H32N2O2. The van der Waals surface area contributed by atoms with Crippen LogP contribution >= 0.6 is 0 Å². The van der Waals surface area contributed by atoms with Crippen molar-refractivity contribution in [2.75, 3.05) is 46.5 Å². The number of nitrogens with zero attached hydrogens (tertiary/aromatic N) is 1. The summed E-state index contributed by atoms with van der Waals surface area (Å²) < 4.78 is 5.73. The molecule has 0 aromatic rings. The predicted octanol–water partition coefficient (Wildman–Crippen LogP) is 1.49. The highest BCUT2D eigenvalue weighted by Crippen LogP contribution is 2.30. The van der Waals surface area contributed by atoms with E-state index in [-0.39, 0.29) is 12.0 Å². The van der Waals surface area contributed by atoms with Crippen molar-refractivity contribution in [1.29, 1.82) is 0 Å². The average Bonchev–Trinajstić information content (AvgIpc) is 2.41. The van der Waals surface area contributed by atoms with E-state index in [1.165, 1.54) is 6.42 Å². The molecule has 1 unspecified atom stereocenters. The molecule has 0 saturated carbocycles. The molecule has 0 spiro atoms. The molecular weight excluding hydrogens is 240 g/mol. The van der Waals surface area contributed by atoms with Crippen molar-refractivity contribution < 1.29 is 9.84 Å². The molecule has 1 saturated heterocycles. The number of aliphatic hydroxyl groups excluding tert-OH is 1. The molecule has 0 aliphatic carbocycles. The zero-order valence-electron chi connectivity index (χ0n) is 13.0. The Balaban J connectivity index is 2.71. The lowest BCUT2D eigenvalue weighted by Gasteiger charge is -2.43. The summed E-state index contributed by atoms with van der Waals surface area (Å²) in [5.74, 6) is 0. The molecule has 2 N–H and O–H groups in total. The van der Waals surface area contributed by atoms with Crippen molar-refractivity contribution in [3.8, 4) is 0 Å². The standard InChI is InChI=1S/C15H32N2O2/c1-4-14(5-2)17(8-9-18)12-15(11-16-3)7-6-10-19-13-15/h14,16,18H,4-13H2,1-3H3. The highest BCUT2D eigenvalue weighted by atomic mass is 16.5. The third-order valence-corrected chi connectivity index (χ3v) is 4.34. The summed E-state index contributed by atoms with van der Waals surface area (Å²) in [6.07, 6.45) is 4.66. The highest BCUT2D eigenvalue weighted by Gasteiger charge is 2.35. The van der Waals surface area contributed by atoms with Crippen LogP contribution in [0.5, 0.6) is 0 Å². The van der Waals surface area contributed by atoms with Crippen LogP contribution < -0.4 is 5.32 Å². The fraction of sp³-hybridized carbons (Fsp3) is 1.00. The maximum atomic E-state index is 9.33. The van der Waals surface area contributed by atoms with Gasteiger partial charge in [-0.2, -0.15) is 0 Å². The van der Waals surface area contributed by atoms with Gasteiger partial charge in [-0.15, -0.1) is 0 Å². The van der Waals surface area contributed by atoms with Crippen molar-refractivity contribution in [1.82, 2.24) is 10.2 Å². The van der Waals surface area contributed by atoms with Gasteiger partial charge in [0.2, 0.25) is 0 Å². The van der Waals surface area contributed by atoms with Gasteiger partial charge in [0.05, 0.1) is 13.2 Å². The number of ether oxygens (including phenoxy) is 1. The van der Waals surface area contributed by atoms with E-state index < -0.39 is 0 Å². The fourth-order valence-corrected chi connectivity index (χ4v) is 3.36. The highest BCUT2D eigenvalue weighted by molar-refractivity contribution is 4.88. The largest absolute Gasteiger partial charge is 0.395 e. The molecule has 1 aliphatic rings. The van der Waals surface area contributed by atoms with Gasteiger partial charge in [0.15, 0.2) is 0 Å². The summed E-state index contributed by atoms with van der Waals surface area (Å²) >= 11 is 0. The molecule has 4 heteroatoms. The van der Waals surface area contributed by atoms with Crippen LogP contribution in [0.3, 0.4) is 0 Å². The first-order valence-corrected chi connectivity index (χ1v) is 7.78. The van der Waals surface area contributed by atoms with Crippen molar-refractivity contribution in [2.24, 2.45) is 5.41 Å². The number of aliphatic hydroxyl groups is 1. The Morgan fingerprint density at radius 3 is 2.58 bits per heavy atom. The van der Waals surface area contributed by atoms with E-state index in [4.69, 9.17) is 4.74 Å². The molecule has 0 radical (unpaired) electrons. The number of nitrogens with one attached hydrogen (secondary N) is 1. The maximum absolute atomic E-state index is 9.33. The van der Waals surface area contributed by atoms with E-state index in [0.29, 0.717) is 6.04 Å². The Hall–Kier alpha value is -0.160. The minimum atomic E-state index is 0.213. The Labute approximate surface area is 118 Å². The summed E-state index contributed by atoms with van der Waals surface area (Å²) in [7, 11) is 2.02. The van der Waals surface area contributed by atoms with Gasteiger partial charge in [0.1, 0.15) is 0 Å². The Kier molecular flexibility index (Phi) is 7.91. The van der Waals surface area contributed by atoms with Gasteiger partial charge < -0.3 is 15.2 Å². The summed E-state index contributed by atoms with van der Waals surface area (Å²) in [5, 5.41) is 12.7. The summed E-state index contributed by atoms with van der Waals surface area (Å²) in [6.45, 7) is 9.26. The van der Waals surface area contributed by atoms with Crippen molar-refractivity contribution >= 4 is 0 Å². The second-order valence-corrected chi connectivity index (χ2v) is 5.85. The Morgan fingerprint density at radius 2 is 2.11 bits per heavy atom. The van der Waals surface area contributed by atoms with Crippen LogP contribution in [0.25, 0.3) is 0 Å². The average molecular weight is 272 g/mol. The zero-order valence-corrected chi connectivity index (χ0v) is 13.0. The van der Waals surface area contributed by atoms with E-state index in [1.54, 1.807) is 0 Å². The topological polar surface area (TPSA) is 44.7 Å². The number of hydrogen-bond acceptors (Lipinski definition) is 4. The summed E-state index contributed by atoms with van der Waals surface area (Å²) in [6, 6.07) is 0.572. The monoisotopic (exact) mass is 272 g/mol. The molecule has 1 aliphatic heterocycles. The minimum absolute atomic E-state index is 0.213. The smallest absolute Gasteiger partial charge is 0.0558 e.